The second kappa shape index (κ2) is 9.78. The van der Waals surface area contributed by atoms with Crippen LogP contribution in [-0.4, -0.2) is 9.97 Å². The summed E-state index contributed by atoms with van der Waals surface area (Å²) in [4.78, 5) is 8.52. The molecule has 0 spiro atoms. The van der Waals surface area contributed by atoms with Crippen LogP contribution in [0.1, 0.15) is 16.8 Å². The Kier molecular flexibility index (Phi) is 6.66. The topological polar surface area (TPSA) is 99.1 Å². The first-order valence-corrected chi connectivity index (χ1v) is 10.9. The van der Waals surface area contributed by atoms with Crippen molar-refractivity contribution in [3.8, 4) is 11.1 Å². The van der Waals surface area contributed by atoms with Gasteiger partial charge in [-0.25, -0.2) is 4.98 Å². The van der Waals surface area contributed by atoms with Gasteiger partial charge in [-0.2, -0.15) is 4.98 Å². The van der Waals surface area contributed by atoms with E-state index in [4.69, 9.17) is 27.8 Å². The summed E-state index contributed by atoms with van der Waals surface area (Å²) in [5.41, 5.74) is 17.6. The van der Waals surface area contributed by atoms with E-state index in [2.05, 4.69) is 15.3 Å². The first-order chi connectivity index (χ1) is 15.1. The Hall–Kier alpha value is -3.13. The molecular weight excluding hydrogens is 430 g/mol. The van der Waals surface area contributed by atoms with Crippen molar-refractivity contribution >= 4 is 40.4 Å². The molecule has 8 heteroatoms. The van der Waals surface area contributed by atoms with E-state index in [9.17, 15) is 0 Å². The van der Waals surface area contributed by atoms with Gasteiger partial charge in [0.25, 0.3) is 0 Å². The molecule has 5 N–H and O–H groups in total. The number of benzene rings is 2. The maximum atomic E-state index is 6.20. The van der Waals surface area contributed by atoms with E-state index in [-0.39, 0.29) is 12.6 Å². The number of nitrogen functional groups attached to an aromatic ring is 2. The molecule has 0 unspecified atom stereocenters. The maximum Gasteiger partial charge on any atom is 0.222 e. The summed E-state index contributed by atoms with van der Waals surface area (Å²) in [5.74, 6) is 0.465. The van der Waals surface area contributed by atoms with Crippen LogP contribution < -0.4 is 16.8 Å². The van der Waals surface area contributed by atoms with E-state index in [0.29, 0.717) is 24.7 Å². The van der Waals surface area contributed by atoms with Gasteiger partial charge in [0, 0.05) is 17.8 Å². The van der Waals surface area contributed by atoms with Crippen molar-refractivity contribution in [2.45, 2.75) is 19.8 Å². The van der Waals surface area contributed by atoms with E-state index in [1.165, 1.54) is 11.3 Å². The Morgan fingerprint density at radius 3 is 2.42 bits per heavy atom. The number of thiophene rings is 1. The number of anilines is 3. The number of ether oxygens (including phenoxy) is 1. The molecule has 0 saturated heterocycles. The average molecular weight is 452 g/mol. The molecule has 0 fully saturated rings. The quantitative estimate of drug-likeness (QED) is 0.334. The smallest absolute Gasteiger partial charge is 0.222 e. The number of hydrogen-bond donors (Lipinski definition) is 3. The molecular formula is C23H22ClN5OS. The monoisotopic (exact) mass is 451 g/mol. The van der Waals surface area contributed by atoms with Gasteiger partial charge in [0.15, 0.2) is 0 Å². The molecule has 0 aliphatic carbocycles. The summed E-state index contributed by atoms with van der Waals surface area (Å²) in [6, 6.07) is 19.9. The summed E-state index contributed by atoms with van der Waals surface area (Å²) in [5, 5.41) is 5.42. The summed E-state index contributed by atoms with van der Waals surface area (Å²) < 4.78 is 6.65. The third kappa shape index (κ3) is 5.52. The molecule has 4 aromatic rings. The third-order valence-electron chi connectivity index (χ3n) is 4.67. The number of aromatic nitrogens is 2. The van der Waals surface area contributed by atoms with Crippen LogP contribution in [0.15, 0.2) is 66.0 Å². The second-order valence-corrected chi connectivity index (χ2v) is 8.50. The van der Waals surface area contributed by atoms with Crippen molar-refractivity contribution in [3.05, 3.63) is 87.2 Å². The number of nitrogens with two attached hydrogens (primary N) is 2. The highest BCUT2D eigenvalue weighted by atomic mass is 35.5. The van der Waals surface area contributed by atoms with Crippen LogP contribution in [0, 0.1) is 0 Å². The summed E-state index contributed by atoms with van der Waals surface area (Å²) in [7, 11) is 0. The highest BCUT2D eigenvalue weighted by molar-refractivity contribution is 7.14. The van der Waals surface area contributed by atoms with Gasteiger partial charge in [-0.15, -0.1) is 11.3 Å². The number of nitrogens with zero attached hydrogens (tertiary/aromatic N) is 2. The van der Waals surface area contributed by atoms with Gasteiger partial charge in [-0.1, -0.05) is 54.1 Å². The van der Waals surface area contributed by atoms with Gasteiger partial charge in [0.05, 0.1) is 23.2 Å². The van der Waals surface area contributed by atoms with Crippen LogP contribution in [0.25, 0.3) is 11.1 Å². The van der Waals surface area contributed by atoms with Crippen LogP contribution in [0.4, 0.5) is 17.5 Å². The largest absolute Gasteiger partial charge is 0.383 e. The lowest BCUT2D eigenvalue weighted by atomic mass is 10.0. The first-order valence-electron chi connectivity index (χ1n) is 9.69. The van der Waals surface area contributed by atoms with Gasteiger partial charge >= 0.3 is 0 Å². The molecule has 0 radical (unpaired) electrons. The Labute approximate surface area is 189 Å². The van der Waals surface area contributed by atoms with E-state index in [1.54, 1.807) is 0 Å². The zero-order chi connectivity index (χ0) is 21.6. The molecule has 0 atom stereocenters. The van der Waals surface area contributed by atoms with E-state index >= 15 is 0 Å². The second-order valence-electron chi connectivity index (χ2n) is 6.96. The zero-order valence-electron chi connectivity index (χ0n) is 16.7. The fraction of sp³-hybridized carbons (Fsp3) is 0.130. The molecule has 158 valence electrons. The van der Waals surface area contributed by atoms with Crippen LogP contribution in [0.3, 0.4) is 0 Å². The van der Waals surface area contributed by atoms with E-state index in [1.807, 2.05) is 66.0 Å². The maximum absolute atomic E-state index is 6.20. The minimum Gasteiger partial charge on any atom is -0.383 e. The van der Waals surface area contributed by atoms with E-state index < -0.39 is 0 Å². The molecule has 0 bridgehead atoms. The Morgan fingerprint density at radius 2 is 1.71 bits per heavy atom. The molecule has 2 aromatic heterocycles. The molecule has 2 aromatic carbocycles. The third-order valence-corrected chi connectivity index (χ3v) is 5.81. The highest BCUT2D eigenvalue weighted by Crippen LogP contribution is 2.30. The van der Waals surface area contributed by atoms with Crippen molar-refractivity contribution in [3.63, 3.8) is 0 Å². The summed E-state index contributed by atoms with van der Waals surface area (Å²) >= 11 is 7.51. The standard InChI is InChI=1S/C23H22ClN5OS/c24-20-10-16(14-31-20)11-27-18-8-6-17(7-9-18)21-19(28-23(26)29-22(21)25)13-30-12-15-4-2-1-3-5-15/h1-10,14,27H,11-13H2,(H4,25,26,28,29). The van der Waals surface area contributed by atoms with Gasteiger partial charge in [-0.3, -0.25) is 0 Å². The van der Waals surface area contributed by atoms with Crippen LogP contribution in [0.5, 0.6) is 0 Å². The predicted molar refractivity (Wildman–Crippen MR) is 128 cm³/mol. The normalized spacial score (nSPS) is 10.9. The lowest BCUT2D eigenvalue weighted by Crippen LogP contribution is -2.08. The van der Waals surface area contributed by atoms with Gasteiger partial charge in [0.1, 0.15) is 5.82 Å². The van der Waals surface area contributed by atoms with Crippen LogP contribution in [-0.2, 0) is 24.5 Å². The predicted octanol–water partition coefficient (Wildman–Crippen LogP) is 5.35. The first kappa shape index (κ1) is 21.1. The van der Waals surface area contributed by atoms with Crippen molar-refractivity contribution in [2.24, 2.45) is 0 Å². The van der Waals surface area contributed by atoms with Crippen molar-refractivity contribution < 1.29 is 4.74 Å². The van der Waals surface area contributed by atoms with Gasteiger partial charge in [0.2, 0.25) is 5.95 Å². The summed E-state index contributed by atoms with van der Waals surface area (Å²) in [6.07, 6.45) is 0. The van der Waals surface area contributed by atoms with Crippen molar-refractivity contribution in [1.82, 2.24) is 9.97 Å². The van der Waals surface area contributed by atoms with Gasteiger partial charge in [-0.05, 0) is 40.3 Å². The van der Waals surface area contributed by atoms with Crippen molar-refractivity contribution in [2.75, 3.05) is 16.8 Å². The Morgan fingerprint density at radius 1 is 0.935 bits per heavy atom. The van der Waals surface area contributed by atoms with Gasteiger partial charge < -0.3 is 21.5 Å². The Bertz CT molecular complexity index is 1150. The van der Waals surface area contributed by atoms with Crippen molar-refractivity contribution in [1.29, 1.82) is 0 Å². The van der Waals surface area contributed by atoms with Crippen LogP contribution >= 0.6 is 22.9 Å². The number of nitrogens with one attached hydrogen (secondary N) is 1. The van der Waals surface area contributed by atoms with Crippen LogP contribution in [0.2, 0.25) is 4.34 Å². The SMILES string of the molecule is Nc1nc(N)c(-c2ccc(NCc3csc(Cl)c3)cc2)c(COCc2ccccc2)n1. The average Bonchev–Trinajstić information content (AvgIpc) is 3.18. The van der Waals surface area contributed by atoms with E-state index in [0.717, 1.165) is 32.3 Å². The zero-order valence-corrected chi connectivity index (χ0v) is 18.3. The highest BCUT2D eigenvalue weighted by Gasteiger charge is 2.14. The molecule has 31 heavy (non-hydrogen) atoms. The molecule has 0 aliphatic rings. The fourth-order valence-electron chi connectivity index (χ4n) is 3.20. The molecule has 0 saturated carbocycles. The molecule has 0 aliphatic heterocycles. The molecule has 0 amide bonds. The molecule has 2 heterocycles. The Balaban J connectivity index is 1.48. The fourth-order valence-corrected chi connectivity index (χ4v) is 4.11. The lowest BCUT2D eigenvalue weighted by Gasteiger charge is -2.13. The lowest BCUT2D eigenvalue weighted by molar-refractivity contribution is 0.105. The number of halogens is 1. The molecule has 4 rings (SSSR count). The number of rotatable bonds is 8. The minimum absolute atomic E-state index is 0.132. The number of hydrogen-bond acceptors (Lipinski definition) is 7. The minimum atomic E-state index is 0.132. The molecule has 6 nitrogen and oxygen atoms in total. The summed E-state index contributed by atoms with van der Waals surface area (Å²) in [6.45, 7) is 1.45.